The summed E-state index contributed by atoms with van der Waals surface area (Å²) in [5, 5.41) is 0. The average Bonchev–Trinajstić information content (AvgIpc) is 2.95. The summed E-state index contributed by atoms with van der Waals surface area (Å²) in [6.45, 7) is 1.03. The molecule has 48 heavy (non-hydrogen) atoms. The second-order valence-corrected chi connectivity index (χ2v) is 9.72. The third-order valence-corrected chi connectivity index (χ3v) is 5.69. The lowest BCUT2D eigenvalue weighted by Crippen LogP contribution is -2.57. The maximum Gasteiger partial charge on any atom is 0.527 e. The van der Waals surface area contributed by atoms with Crippen LogP contribution in [-0.4, -0.2) is 79.9 Å². The van der Waals surface area contributed by atoms with Gasteiger partial charge in [-0.05, 0) is 31.2 Å². The van der Waals surface area contributed by atoms with Gasteiger partial charge in [-0.15, -0.1) is 13.2 Å². The van der Waals surface area contributed by atoms with E-state index >= 15 is 0 Å². The molecule has 0 unspecified atom stereocenters. The van der Waals surface area contributed by atoms with Gasteiger partial charge in [-0.1, -0.05) is 37.6 Å². The number of ether oxygens (including phenoxy) is 6. The fourth-order valence-corrected chi connectivity index (χ4v) is 3.35. The summed E-state index contributed by atoms with van der Waals surface area (Å²) in [7, 11) is 0. The standard InChI is InChI=1S/C27H29F13N2O6/c1-2-3-11-43-12-4-5-13-45-20-15-41-21(42-16-20)19-8-6-18(7-9-19)10-14-44-17-22(28,29)46-23(30,31)24(32,33)47-25(34,35)26(36,37)48-27(38,39)40/h6-9,15-16H,2-5,10-14,17H2,1H3. The molecule has 21 heteroatoms. The zero-order valence-corrected chi connectivity index (χ0v) is 24.8. The molecule has 1 aromatic carbocycles. The van der Waals surface area contributed by atoms with Crippen molar-refractivity contribution in [3.8, 4) is 17.1 Å². The minimum Gasteiger partial charge on any atom is -0.490 e. The van der Waals surface area contributed by atoms with Gasteiger partial charge in [0.1, 0.15) is 6.61 Å². The largest absolute Gasteiger partial charge is 0.527 e. The van der Waals surface area contributed by atoms with Crippen LogP contribution >= 0.6 is 0 Å². The Morgan fingerprint density at radius 3 is 1.67 bits per heavy atom. The van der Waals surface area contributed by atoms with E-state index in [1.807, 2.05) is 0 Å². The van der Waals surface area contributed by atoms with Gasteiger partial charge in [0, 0.05) is 18.8 Å². The molecule has 2 aromatic rings. The van der Waals surface area contributed by atoms with E-state index in [1.165, 1.54) is 24.5 Å². The maximum absolute atomic E-state index is 13.7. The van der Waals surface area contributed by atoms with Crippen molar-refractivity contribution in [3.05, 3.63) is 42.2 Å². The first kappa shape index (κ1) is 41.2. The Balaban J connectivity index is 1.81. The number of aromatic nitrogens is 2. The number of alkyl halides is 13. The lowest BCUT2D eigenvalue weighted by molar-refractivity contribution is -0.564. The minimum absolute atomic E-state index is 0.149. The van der Waals surface area contributed by atoms with Crippen molar-refractivity contribution in [3.63, 3.8) is 0 Å². The Labute approximate surface area is 264 Å². The molecule has 0 aliphatic carbocycles. The third kappa shape index (κ3) is 13.5. The van der Waals surface area contributed by atoms with Crippen molar-refractivity contribution in [2.24, 2.45) is 0 Å². The van der Waals surface area contributed by atoms with Gasteiger partial charge >= 0.3 is 36.9 Å². The molecule has 1 heterocycles. The Bertz CT molecular complexity index is 1230. The molecule has 1 aromatic heterocycles. The van der Waals surface area contributed by atoms with Crippen LogP contribution in [0, 0.1) is 0 Å². The number of halogens is 13. The van der Waals surface area contributed by atoms with Crippen LogP contribution in [0.15, 0.2) is 36.7 Å². The molecular formula is C27H29F13N2O6. The van der Waals surface area contributed by atoms with Crippen molar-refractivity contribution in [2.45, 2.75) is 75.9 Å². The number of rotatable bonds is 22. The van der Waals surface area contributed by atoms with Gasteiger partial charge in [-0.2, -0.15) is 43.9 Å². The number of nitrogens with zero attached hydrogens (tertiary/aromatic N) is 2. The Morgan fingerprint density at radius 2 is 1.10 bits per heavy atom. The highest BCUT2D eigenvalue weighted by molar-refractivity contribution is 5.55. The molecule has 0 bridgehead atoms. The second kappa shape index (κ2) is 17.1. The van der Waals surface area contributed by atoms with Gasteiger partial charge in [-0.25, -0.2) is 24.2 Å². The zero-order valence-electron chi connectivity index (χ0n) is 24.8. The number of hydrogen-bond donors (Lipinski definition) is 0. The van der Waals surface area contributed by atoms with E-state index in [1.54, 1.807) is 21.6 Å². The van der Waals surface area contributed by atoms with Gasteiger partial charge < -0.3 is 14.2 Å². The van der Waals surface area contributed by atoms with Gasteiger partial charge in [0.05, 0.1) is 25.6 Å². The van der Waals surface area contributed by atoms with E-state index in [-0.39, 0.29) is 6.42 Å². The number of benzene rings is 1. The van der Waals surface area contributed by atoms with E-state index < -0.39 is 50.1 Å². The summed E-state index contributed by atoms with van der Waals surface area (Å²) in [5.41, 5.74) is 0.977. The average molecular weight is 725 g/mol. The molecule has 0 atom stereocenters. The van der Waals surface area contributed by atoms with Crippen LogP contribution in [0.2, 0.25) is 0 Å². The van der Waals surface area contributed by atoms with Crippen molar-refractivity contribution in [2.75, 3.05) is 33.0 Å². The van der Waals surface area contributed by atoms with Crippen molar-refractivity contribution in [1.29, 1.82) is 0 Å². The molecule has 8 nitrogen and oxygen atoms in total. The highest BCUT2D eigenvalue weighted by Gasteiger charge is 2.74. The fourth-order valence-electron chi connectivity index (χ4n) is 3.35. The van der Waals surface area contributed by atoms with Gasteiger partial charge in [0.25, 0.3) is 0 Å². The van der Waals surface area contributed by atoms with Gasteiger partial charge in [0.15, 0.2) is 11.6 Å². The van der Waals surface area contributed by atoms with E-state index in [9.17, 15) is 57.1 Å². The molecule has 0 amide bonds. The monoisotopic (exact) mass is 724 g/mol. The molecule has 0 aliphatic rings. The van der Waals surface area contributed by atoms with Gasteiger partial charge in [-0.3, -0.25) is 0 Å². The summed E-state index contributed by atoms with van der Waals surface area (Å²) in [6.07, 6.45) is -33.4. The smallest absolute Gasteiger partial charge is 0.490 e. The minimum atomic E-state index is -7.10. The first-order valence-electron chi connectivity index (χ1n) is 13.9. The van der Waals surface area contributed by atoms with Crippen LogP contribution in [0.25, 0.3) is 11.4 Å². The van der Waals surface area contributed by atoms with Crippen molar-refractivity contribution >= 4 is 0 Å². The van der Waals surface area contributed by atoms with E-state index in [0.29, 0.717) is 35.9 Å². The maximum atomic E-state index is 13.7. The van der Waals surface area contributed by atoms with Crippen molar-refractivity contribution in [1.82, 2.24) is 9.97 Å². The summed E-state index contributed by atoms with van der Waals surface area (Å²) >= 11 is 0. The van der Waals surface area contributed by atoms with Crippen LogP contribution in [-0.2, 0) is 30.1 Å². The van der Waals surface area contributed by atoms with Crippen LogP contribution in [0.3, 0.4) is 0 Å². The van der Waals surface area contributed by atoms with Crippen LogP contribution in [0.4, 0.5) is 57.1 Å². The van der Waals surface area contributed by atoms with E-state index in [4.69, 9.17) is 9.47 Å². The highest BCUT2D eigenvalue weighted by Crippen LogP contribution is 2.48. The molecule has 0 saturated heterocycles. The molecule has 0 radical (unpaired) electrons. The predicted molar refractivity (Wildman–Crippen MR) is 136 cm³/mol. The first-order chi connectivity index (χ1) is 22.1. The lowest BCUT2D eigenvalue weighted by atomic mass is 10.1. The lowest BCUT2D eigenvalue weighted by Gasteiger charge is -2.33. The molecule has 0 aliphatic heterocycles. The zero-order chi connectivity index (χ0) is 36.3. The van der Waals surface area contributed by atoms with Crippen LogP contribution in [0.5, 0.6) is 5.75 Å². The molecule has 0 spiro atoms. The first-order valence-corrected chi connectivity index (χ1v) is 13.9. The van der Waals surface area contributed by atoms with Crippen molar-refractivity contribution < 1.29 is 85.5 Å². The molecule has 0 N–H and O–H groups in total. The Morgan fingerprint density at radius 1 is 0.583 bits per heavy atom. The highest BCUT2D eigenvalue weighted by atomic mass is 19.4. The second-order valence-electron chi connectivity index (χ2n) is 9.72. The summed E-state index contributed by atoms with van der Waals surface area (Å²) in [6, 6.07) is 6.08. The Hall–Kier alpha value is -3.01. The SMILES string of the molecule is CCCCOCCCCOc1cnc(-c2ccc(CCOCC(F)(F)OC(F)(F)C(F)(F)OC(F)(F)C(F)(F)OC(F)(F)F)cc2)nc1. The predicted octanol–water partition coefficient (Wildman–Crippen LogP) is 8.21. The third-order valence-electron chi connectivity index (χ3n) is 5.69. The van der Waals surface area contributed by atoms with E-state index in [0.717, 1.165) is 32.3 Å². The molecule has 0 saturated carbocycles. The molecule has 0 fully saturated rings. The number of unbranched alkanes of at least 4 members (excludes halogenated alkanes) is 2. The number of hydrogen-bond acceptors (Lipinski definition) is 8. The normalized spacial score (nSPS) is 13.6. The molecule has 274 valence electrons. The van der Waals surface area contributed by atoms with Gasteiger partial charge in [0.2, 0.25) is 0 Å². The molecule has 2 rings (SSSR count). The fraction of sp³-hybridized carbons (Fsp3) is 0.630. The van der Waals surface area contributed by atoms with E-state index in [2.05, 4.69) is 26.4 Å². The quantitative estimate of drug-likeness (QED) is 0.0889. The summed E-state index contributed by atoms with van der Waals surface area (Å²) in [4.78, 5) is 8.37. The summed E-state index contributed by atoms with van der Waals surface area (Å²) < 4.78 is 190. The Kier molecular flexibility index (Phi) is 14.6. The van der Waals surface area contributed by atoms with Crippen LogP contribution < -0.4 is 4.74 Å². The van der Waals surface area contributed by atoms with Crippen LogP contribution in [0.1, 0.15) is 38.2 Å². The summed E-state index contributed by atoms with van der Waals surface area (Å²) in [5.74, 6) is 0.742. The topological polar surface area (TPSA) is 81.2 Å². The molecular weight excluding hydrogens is 695 g/mol.